The topological polar surface area (TPSA) is 32.5 Å². The highest BCUT2D eigenvalue weighted by molar-refractivity contribution is 5.02. The Morgan fingerprint density at radius 3 is 1.67 bits per heavy atom. The van der Waals surface area contributed by atoms with Gasteiger partial charge in [0.25, 0.3) is 0 Å². The molecular weight excluding hydrogens is 150 g/mol. The highest BCUT2D eigenvalue weighted by Crippen LogP contribution is 2.39. The number of hydrazine groups is 1. The lowest BCUT2D eigenvalue weighted by atomic mass is 10.2. The number of rotatable bonds is 3. The van der Waals surface area contributed by atoms with Crippen LogP contribution in [-0.4, -0.2) is 43.1 Å². The van der Waals surface area contributed by atoms with E-state index in [2.05, 4.69) is 19.0 Å². The lowest BCUT2D eigenvalue weighted by Gasteiger charge is -2.26. The quantitative estimate of drug-likeness (QED) is 0.508. The summed E-state index contributed by atoms with van der Waals surface area (Å²) < 4.78 is 0. The molecule has 0 aliphatic heterocycles. The van der Waals surface area contributed by atoms with Crippen LogP contribution >= 0.6 is 0 Å². The minimum absolute atomic E-state index is 0.309. The zero-order valence-electron chi connectivity index (χ0n) is 9.09. The maximum Gasteiger partial charge on any atom is 0.0476 e. The molecule has 0 unspecified atom stereocenters. The van der Waals surface area contributed by atoms with E-state index in [4.69, 9.17) is 5.84 Å². The Hall–Kier alpha value is -0.120. The molecule has 0 spiro atoms. The van der Waals surface area contributed by atoms with E-state index >= 15 is 0 Å². The van der Waals surface area contributed by atoms with E-state index in [0.29, 0.717) is 5.54 Å². The Balaban J connectivity index is 0.000000561. The Kier molecular flexibility index (Phi) is 4.75. The Morgan fingerprint density at radius 2 is 1.58 bits per heavy atom. The van der Waals surface area contributed by atoms with Crippen LogP contribution in [0.15, 0.2) is 0 Å². The van der Waals surface area contributed by atoms with E-state index in [0.717, 1.165) is 6.54 Å². The summed E-state index contributed by atoms with van der Waals surface area (Å²) in [4.78, 5) is 2.19. The SMILES string of the molecule is CC.CN(C)CC1(N(C)N)CC1. The molecular formula is C9H23N3. The van der Waals surface area contributed by atoms with Gasteiger partial charge < -0.3 is 4.90 Å². The molecule has 1 rings (SSSR count). The predicted molar refractivity (Wildman–Crippen MR) is 53.8 cm³/mol. The number of hydrogen-bond donors (Lipinski definition) is 1. The van der Waals surface area contributed by atoms with Crippen LogP contribution in [0.2, 0.25) is 0 Å². The first-order valence-corrected chi connectivity index (χ1v) is 4.70. The molecule has 0 aromatic carbocycles. The molecule has 0 saturated heterocycles. The standard InChI is InChI=1S/C7H17N3.C2H6/c1-9(2)6-7(4-5-7)10(3)8;1-2/h4-6,8H2,1-3H3;1-2H3. The average molecular weight is 173 g/mol. The van der Waals surface area contributed by atoms with Crippen molar-refractivity contribution in [3.8, 4) is 0 Å². The van der Waals surface area contributed by atoms with Gasteiger partial charge in [0, 0.05) is 19.1 Å². The molecule has 0 aromatic heterocycles. The molecule has 0 amide bonds. The van der Waals surface area contributed by atoms with Gasteiger partial charge >= 0.3 is 0 Å². The van der Waals surface area contributed by atoms with Crippen molar-refractivity contribution in [3.05, 3.63) is 0 Å². The number of hydrogen-bond acceptors (Lipinski definition) is 3. The second-order valence-corrected chi connectivity index (χ2v) is 3.57. The van der Waals surface area contributed by atoms with Crippen LogP contribution in [0.5, 0.6) is 0 Å². The monoisotopic (exact) mass is 173 g/mol. The molecule has 3 heteroatoms. The van der Waals surface area contributed by atoms with E-state index in [9.17, 15) is 0 Å². The summed E-state index contributed by atoms with van der Waals surface area (Å²) in [6.07, 6.45) is 2.50. The van der Waals surface area contributed by atoms with Crippen molar-refractivity contribution >= 4 is 0 Å². The van der Waals surface area contributed by atoms with Crippen molar-refractivity contribution in [2.75, 3.05) is 27.7 Å². The number of likely N-dealkylation sites (N-methyl/N-ethyl adjacent to an activating group) is 2. The molecule has 1 aliphatic carbocycles. The summed E-state index contributed by atoms with van der Waals surface area (Å²) in [7, 11) is 6.13. The van der Waals surface area contributed by atoms with E-state index in [1.54, 1.807) is 0 Å². The largest absolute Gasteiger partial charge is 0.308 e. The van der Waals surface area contributed by atoms with Crippen molar-refractivity contribution in [2.45, 2.75) is 32.2 Å². The molecule has 1 aliphatic rings. The minimum atomic E-state index is 0.309. The van der Waals surface area contributed by atoms with Crippen molar-refractivity contribution in [1.82, 2.24) is 9.91 Å². The van der Waals surface area contributed by atoms with Crippen LogP contribution in [0.4, 0.5) is 0 Å². The third-order valence-electron chi connectivity index (χ3n) is 2.19. The highest BCUT2D eigenvalue weighted by Gasteiger charge is 2.45. The molecule has 1 saturated carbocycles. The molecule has 0 heterocycles. The second kappa shape index (κ2) is 4.80. The average Bonchev–Trinajstić information content (AvgIpc) is 2.72. The highest BCUT2D eigenvalue weighted by atomic mass is 15.5. The Labute approximate surface area is 76.5 Å². The van der Waals surface area contributed by atoms with Crippen molar-refractivity contribution in [1.29, 1.82) is 0 Å². The van der Waals surface area contributed by atoms with Crippen LogP contribution in [0.3, 0.4) is 0 Å². The van der Waals surface area contributed by atoms with Gasteiger partial charge in [0.1, 0.15) is 0 Å². The van der Waals surface area contributed by atoms with Gasteiger partial charge in [0.2, 0.25) is 0 Å². The zero-order valence-corrected chi connectivity index (χ0v) is 9.09. The van der Waals surface area contributed by atoms with E-state index in [-0.39, 0.29) is 0 Å². The first-order valence-electron chi connectivity index (χ1n) is 4.70. The smallest absolute Gasteiger partial charge is 0.0476 e. The fourth-order valence-electron chi connectivity index (χ4n) is 1.36. The van der Waals surface area contributed by atoms with Gasteiger partial charge in [0.15, 0.2) is 0 Å². The van der Waals surface area contributed by atoms with Gasteiger partial charge in [-0.05, 0) is 26.9 Å². The molecule has 1 fully saturated rings. The third kappa shape index (κ3) is 3.09. The lowest BCUT2D eigenvalue weighted by molar-refractivity contribution is 0.179. The molecule has 0 bridgehead atoms. The molecule has 12 heavy (non-hydrogen) atoms. The fourth-order valence-corrected chi connectivity index (χ4v) is 1.36. The summed E-state index contributed by atoms with van der Waals surface area (Å²) in [5, 5.41) is 1.85. The fraction of sp³-hybridized carbons (Fsp3) is 1.00. The summed E-state index contributed by atoms with van der Waals surface area (Å²) >= 11 is 0. The zero-order chi connectivity index (χ0) is 9.78. The van der Waals surface area contributed by atoms with Crippen LogP contribution in [-0.2, 0) is 0 Å². The maximum absolute atomic E-state index is 5.69. The first kappa shape index (κ1) is 11.9. The van der Waals surface area contributed by atoms with Crippen LogP contribution in [0, 0.1) is 0 Å². The normalized spacial score (nSPS) is 19.0. The maximum atomic E-state index is 5.69. The third-order valence-corrected chi connectivity index (χ3v) is 2.19. The first-order chi connectivity index (χ1) is 5.57. The van der Waals surface area contributed by atoms with Gasteiger partial charge in [-0.3, -0.25) is 5.84 Å². The van der Waals surface area contributed by atoms with Gasteiger partial charge in [0.05, 0.1) is 0 Å². The Morgan fingerprint density at radius 1 is 1.17 bits per heavy atom. The molecule has 3 nitrogen and oxygen atoms in total. The number of nitrogens with zero attached hydrogens (tertiary/aromatic N) is 2. The van der Waals surface area contributed by atoms with E-state index in [1.807, 2.05) is 25.9 Å². The molecule has 0 atom stereocenters. The summed E-state index contributed by atoms with van der Waals surface area (Å²) in [5.41, 5.74) is 0.309. The van der Waals surface area contributed by atoms with Crippen molar-refractivity contribution in [2.24, 2.45) is 5.84 Å². The van der Waals surface area contributed by atoms with Crippen LogP contribution in [0.25, 0.3) is 0 Å². The molecule has 2 N–H and O–H groups in total. The van der Waals surface area contributed by atoms with Gasteiger partial charge in [-0.1, -0.05) is 13.8 Å². The van der Waals surface area contributed by atoms with Crippen LogP contribution in [0.1, 0.15) is 26.7 Å². The van der Waals surface area contributed by atoms with Crippen LogP contribution < -0.4 is 5.84 Å². The van der Waals surface area contributed by atoms with E-state index in [1.165, 1.54) is 12.8 Å². The van der Waals surface area contributed by atoms with Gasteiger partial charge in [-0.2, -0.15) is 0 Å². The molecule has 0 aromatic rings. The van der Waals surface area contributed by atoms with Gasteiger partial charge in [-0.25, -0.2) is 5.01 Å². The summed E-state index contributed by atoms with van der Waals surface area (Å²) in [6, 6.07) is 0. The Bertz CT molecular complexity index is 117. The molecule has 74 valence electrons. The second-order valence-electron chi connectivity index (χ2n) is 3.57. The van der Waals surface area contributed by atoms with Crippen molar-refractivity contribution in [3.63, 3.8) is 0 Å². The summed E-state index contributed by atoms with van der Waals surface area (Å²) in [6.45, 7) is 5.08. The lowest BCUT2D eigenvalue weighted by Crippen LogP contribution is -2.45. The predicted octanol–water partition coefficient (Wildman–Crippen LogP) is 0.912. The minimum Gasteiger partial charge on any atom is -0.308 e. The van der Waals surface area contributed by atoms with E-state index < -0.39 is 0 Å². The molecule has 0 radical (unpaired) electrons. The van der Waals surface area contributed by atoms with Crippen molar-refractivity contribution < 1.29 is 0 Å². The number of nitrogens with two attached hydrogens (primary N) is 1. The van der Waals surface area contributed by atoms with Gasteiger partial charge in [-0.15, -0.1) is 0 Å². The summed E-state index contributed by atoms with van der Waals surface area (Å²) in [5.74, 6) is 5.69.